The largest absolute Gasteiger partial charge is 0.486 e. The highest BCUT2D eigenvalue weighted by Crippen LogP contribution is 2.35. The number of amides is 1. The number of benzene rings is 2. The number of hydrogen-bond acceptors (Lipinski definition) is 6. The molecule has 4 aromatic rings. The molecule has 0 saturated carbocycles. The van der Waals surface area contributed by atoms with Crippen molar-refractivity contribution in [3.05, 3.63) is 77.4 Å². The highest BCUT2D eigenvalue weighted by molar-refractivity contribution is 6.32. The summed E-state index contributed by atoms with van der Waals surface area (Å²) in [6, 6.07) is 19.1. The van der Waals surface area contributed by atoms with Gasteiger partial charge in [0.1, 0.15) is 19.0 Å². The lowest BCUT2D eigenvalue weighted by Crippen LogP contribution is -2.49. The molecule has 176 valence electrons. The summed E-state index contributed by atoms with van der Waals surface area (Å²) in [7, 11) is 0. The fourth-order valence-corrected chi connectivity index (χ4v) is 4.85. The second-order valence-electron chi connectivity index (χ2n) is 8.52. The van der Waals surface area contributed by atoms with Crippen molar-refractivity contribution in [1.29, 1.82) is 0 Å². The third-order valence-corrected chi connectivity index (χ3v) is 6.69. The van der Waals surface area contributed by atoms with Crippen LogP contribution in [0.3, 0.4) is 0 Å². The number of carbonyl (C=O) groups excluding carboxylic acids is 1. The minimum absolute atomic E-state index is 0.00541. The second-order valence-corrected chi connectivity index (χ2v) is 8.93. The summed E-state index contributed by atoms with van der Waals surface area (Å²) in [5, 5.41) is 1.46. The van der Waals surface area contributed by atoms with E-state index in [4.69, 9.17) is 26.1 Å². The van der Waals surface area contributed by atoms with Crippen LogP contribution in [0.5, 0.6) is 11.5 Å². The maximum atomic E-state index is 13.7. The zero-order valence-electron chi connectivity index (χ0n) is 19.0. The van der Waals surface area contributed by atoms with Crippen molar-refractivity contribution in [2.24, 2.45) is 0 Å². The van der Waals surface area contributed by atoms with Gasteiger partial charge in [-0.2, -0.15) is 0 Å². The molecule has 1 saturated heterocycles. The molecular weight excluding hydrogens is 464 g/mol. The molecule has 0 radical (unpaired) electrons. The number of pyridine rings is 2. The fraction of sp³-hybridized carbons (Fsp3) is 0.222. The lowest BCUT2D eigenvalue weighted by Gasteiger charge is -2.36. The van der Waals surface area contributed by atoms with Crippen LogP contribution in [0.25, 0.3) is 22.2 Å². The predicted molar refractivity (Wildman–Crippen MR) is 136 cm³/mol. The molecule has 8 heteroatoms. The summed E-state index contributed by atoms with van der Waals surface area (Å²) in [4.78, 5) is 27.0. The van der Waals surface area contributed by atoms with Crippen molar-refractivity contribution in [3.8, 4) is 22.8 Å². The summed E-state index contributed by atoms with van der Waals surface area (Å²) in [6.07, 6.45) is 1.74. The van der Waals surface area contributed by atoms with Gasteiger partial charge >= 0.3 is 0 Å². The molecule has 2 aliphatic rings. The summed E-state index contributed by atoms with van der Waals surface area (Å²) < 4.78 is 11.4. The molecule has 6 rings (SSSR count). The van der Waals surface area contributed by atoms with Gasteiger partial charge in [-0.3, -0.25) is 4.79 Å². The van der Waals surface area contributed by atoms with Gasteiger partial charge in [0.15, 0.2) is 11.5 Å². The summed E-state index contributed by atoms with van der Waals surface area (Å²) >= 11 is 6.33. The molecule has 0 N–H and O–H groups in total. The van der Waals surface area contributed by atoms with Crippen LogP contribution in [0.15, 0.2) is 66.9 Å². The van der Waals surface area contributed by atoms with E-state index in [1.807, 2.05) is 65.6 Å². The number of ether oxygens (including phenoxy) is 2. The Hall–Kier alpha value is -3.84. The molecule has 0 bridgehead atoms. The molecular formula is C27H23ClN4O3. The Bertz CT molecular complexity index is 1420. The first-order chi connectivity index (χ1) is 17.2. The number of halogens is 1. The van der Waals surface area contributed by atoms with Crippen molar-refractivity contribution in [2.45, 2.75) is 0 Å². The van der Waals surface area contributed by atoms with Gasteiger partial charge in [0.25, 0.3) is 5.91 Å². The van der Waals surface area contributed by atoms with Gasteiger partial charge in [-0.1, -0.05) is 29.8 Å². The molecule has 2 aromatic carbocycles. The molecule has 7 nitrogen and oxygen atoms in total. The molecule has 0 unspecified atom stereocenters. The number of para-hydroxylation sites is 1. The van der Waals surface area contributed by atoms with Crippen molar-refractivity contribution in [3.63, 3.8) is 0 Å². The molecule has 2 aromatic heterocycles. The van der Waals surface area contributed by atoms with Gasteiger partial charge in [-0.15, -0.1) is 0 Å². The van der Waals surface area contributed by atoms with E-state index in [1.54, 1.807) is 6.20 Å². The topological polar surface area (TPSA) is 67.8 Å². The number of anilines is 1. The van der Waals surface area contributed by atoms with Crippen LogP contribution in [0.4, 0.5) is 5.82 Å². The van der Waals surface area contributed by atoms with Gasteiger partial charge in [0.2, 0.25) is 0 Å². The van der Waals surface area contributed by atoms with E-state index < -0.39 is 0 Å². The number of hydrogen-bond donors (Lipinski definition) is 0. The Labute approximate surface area is 207 Å². The maximum Gasteiger partial charge on any atom is 0.254 e. The molecule has 35 heavy (non-hydrogen) atoms. The van der Waals surface area contributed by atoms with E-state index >= 15 is 0 Å². The third kappa shape index (κ3) is 4.12. The monoisotopic (exact) mass is 486 g/mol. The van der Waals surface area contributed by atoms with E-state index in [1.165, 1.54) is 0 Å². The van der Waals surface area contributed by atoms with Crippen LogP contribution in [0.1, 0.15) is 10.4 Å². The predicted octanol–water partition coefficient (Wildman–Crippen LogP) is 4.68. The van der Waals surface area contributed by atoms with E-state index in [0.29, 0.717) is 55.7 Å². The molecule has 1 amide bonds. The normalized spacial score (nSPS) is 15.3. The van der Waals surface area contributed by atoms with Crippen molar-refractivity contribution in [1.82, 2.24) is 14.9 Å². The van der Waals surface area contributed by atoms with Gasteiger partial charge < -0.3 is 19.3 Å². The first kappa shape index (κ1) is 21.7. The Morgan fingerprint density at radius 3 is 2.51 bits per heavy atom. The molecule has 1 fully saturated rings. The van der Waals surface area contributed by atoms with Crippen molar-refractivity contribution >= 4 is 34.2 Å². The van der Waals surface area contributed by atoms with Crippen LogP contribution >= 0.6 is 11.6 Å². The first-order valence-corrected chi connectivity index (χ1v) is 12.0. The number of aromatic nitrogens is 2. The van der Waals surface area contributed by atoms with E-state index in [-0.39, 0.29) is 5.91 Å². The maximum absolute atomic E-state index is 13.7. The smallest absolute Gasteiger partial charge is 0.254 e. The van der Waals surface area contributed by atoms with E-state index in [9.17, 15) is 4.79 Å². The van der Waals surface area contributed by atoms with Crippen LogP contribution < -0.4 is 14.4 Å². The van der Waals surface area contributed by atoms with Crippen LogP contribution in [-0.2, 0) is 0 Å². The van der Waals surface area contributed by atoms with Gasteiger partial charge in [-0.05, 0) is 42.5 Å². The Morgan fingerprint density at radius 1 is 0.886 bits per heavy atom. The third-order valence-electron chi connectivity index (χ3n) is 6.39. The van der Waals surface area contributed by atoms with Crippen LogP contribution in [-0.4, -0.2) is 60.2 Å². The summed E-state index contributed by atoms with van der Waals surface area (Å²) in [5.74, 6) is 2.18. The fourth-order valence-electron chi connectivity index (χ4n) is 4.60. The highest BCUT2D eigenvalue weighted by atomic mass is 35.5. The number of piperazine rings is 1. The Kier molecular flexibility index (Phi) is 5.62. The molecule has 0 aliphatic carbocycles. The average molecular weight is 487 g/mol. The van der Waals surface area contributed by atoms with Gasteiger partial charge in [-0.25, -0.2) is 9.97 Å². The van der Waals surface area contributed by atoms with Gasteiger partial charge in [0.05, 0.1) is 21.8 Å². The summed E-state index contributed by atoms with van der Waals surface area (Å²) in [6.45, 7) is 3.56. The highest BCUT2D eigenvalue weighted by Gasteiger charge is 2.26. The number of nitrogens with zero attached hydrogens (tertiary/aromatic N) is 4. The Balaban J connectivity index is 1.31. The molecule has 0 spiro atoms. The van der Waals surface area contributed by atoms with Crippen LogP contribution in [0.2, 0.25) is 5.02 Å². The molecule has 2 aliphatic heterocycles. The number of carbonyl (C=O) groups is 1. The number of rotatable bonds is 3. The SMILES string of the molecule is O=C(c1cc(-c2ccc3c(c2)OCCO3)nc2ccccc12)N1CCN(c2ncccc2Cl)CC1. The standard InChI is InChI=1S/C27H23ClN4O3/c28-21-5-3-9-29-26(21)31-10-12-32(13-11-31)27(33)20-17-23(30-22-6-2-1-4-19(20)22)18-7-8-24-25(16-18)35-15-14-34-24/h1-9,16-17H,10-15H2. The Morgan fingerprint density at radius 2 is 1.69 bits per heavy atom. The number of fused-ring (bicyclic) bond motifs is 2. The molecule has 0 atom stereocenters. The van der Waals surface area contributed by atoms with Gasteiger partial charge in [0, 0.05) is 43.3 Å². The lowest BCUT2D eigenvalue weighted by molar-refractivity contribution is 0.0748. The minimum atomic E-state index is -0.00541. The zero-order valence-corrected chi connectivity index (χ0v) is 19.7. The molecule has 4 heterocycles. The first-order valence-electron chi connectivity index (χ1n) is 11.6. The van der Waals surface area contributed by atoms with E-state index in [2.05, 4.69) is 9.88 Å². The average Bonchev–Trinajstić information content (AvgIpc) is 2.92. The summed E-state index contributed by atoms with van der Waals surface area (Å²) in [5.41, 5.74) is 3.03. The zero-order chi connectivity index (χ0) is 23.8. The quantitative estimate of drug-likeness (QED) is 0.418. The van der Waals surface area contributed by atoms with Crippen LogP contribution in [0, 0.1) is 0 Å². The minimum Gasteiger partial charge on any atom is -0.486 e. The van der Waals surface area contributed by atoms with Crippen molar-refractivity contribution < 1.29 is 14.3 Å². The van der Waals surface area contributed by atoms with Crippen molar-refractivity contribution in [2.75, 3.05) is 44.3 Å². The second kappa shape index (κ2) is 9.07. The van der Waals surface area contributed by atoms with E-state index in [0.717, 1.165) is 33.7 Å². The lowest BCUT2D eigenvalue weighted by atomic mass is 10.0.